The normalized spacial score (nSPS) is 27.3. The third-order valence-corrected chi connectivity index (χ3v) is 12.8. The van der Waals surface area contributed by atoms with Crippen LogP contribution in [0.15, 0.2) is 0 Å². The smallest absolute Gasteiger partial charge is 0.341 e. The summed E-state index contributed by atoms with van der Waals surface area (Å²) >= 11 is 0. The van der Waals surface area contributed by atoms with Crippen LogP contribution in [-0.4, -0.2) is 47.3 Å². The van der Waals surface area contributed by atoms with E-state index in [2.05, 4.69) is 6.92 Å². The zero-order chi connectivity index (χ0) is 33.7. The predicted molar refractivity (Wildman–Crippen MR) is 173 cm³/mol. The van der Waals surface area contributed by atoms with Crippen LogP contribution >= 0.6 is 0 Å². The van der Waals surface area contributed by atoms with E-state index in [1.54, 1.807) is 0 Å². The van der Waals surface area contributed by atoms with Gasteiger partial charge in [-0.05, 0) is 114 Å². The largest absolute Gasteiger partial charge is 0.479 e. The van der Waals surface area contributed by atoms with Gasteiger partial charge in [0.1, 0.15) is 11.7 Å². The van der Waals surface area contributed by atoms with Gasteiger partial charge in [0.05, 0.1) is 16.7 Å². The molecule has 1 N–H and O–H groups in total. The second kappa shape index (κ2) is 15.2. The number of fused-ring (bicyclic) bond motifs is 2. The molecular formula is C37H62O8. The number of esters is 3. The van der Waals surface area contributed by atoms with Crippen LogP contribution in [0, 0.1) is 52.3 Å². The van der Waals surface area contributed by atoms with Crippen molar-refractivity contribution in [2.24, 2.45) is 52.3 Å². The van der Waals surface area contributed by atoms with Crippen molar-refractivity contribution in [2.45, 2.75) is 151 Å². The minimum absolute atomic E-state index is 0.136. The minimum Gasteiger partial charge on any atom is -0.479 e. The molecule has 8 heteroatoms. The Labute approximate surface area is 272 Å². The summed E-state index contributed by atoms with van der Waals surface area (Å²) in [4.78, 5) is 53.2. The summed E-state index contributed by atoms with van der Waals surface area (Å²) in [6.07, 6.45) is 12.2. The van der Waals surface area contributed by atoms with Gasteiger partial charge in [-0.3, -0.25) is 14.4 Å². The van der Waals surface area contributed by atoms with Crippen molar-refractivity contribution in [3.63, 3.8) is 0 Å². The van der Waals surface area contributed by atoms with Gasteiger partial charge in [0.25, 0.3) is 0 Å². The molecule has 8 atom stereocenters. The van der Waals surface area contributed by atoms with Crippen LogP contribution in [0.5, 0.6) is 0 Å². The van der Waals surface area contributed by atoms with Crippen LogP contribution in [0.2, 0.25) is 0 Å². The molecule has 3 rings (SSSR count). The minimum atomic E-state index is -1.23. The van der Waals surface area contributed by atoms with Crippen LogP contribution in [0.3, 0.4) is 0 Å². The van der Waals surface area contributed by atoms with Crippen molar-refractivity contribution in [2.75, 3.05) is 6.61 Å². The second-order valence-electron chi connectivity index (χ2n) is 16.0. The first-order valence-electron chi connectivity index (χ1n) is 17.8. The van der Waals surface area contributed by atoms with Crippen molar-refractivity contribution in [1.29, 1.82) is 0 Å². The van der Waals surface area contributed by atoms with Crippen LogP contribution in [0.25, 0.3) is 0 Å². The molecule has 0 radical (unpaired) electrons. The van der Waals surface area contributed by atoms with E-state index >= 15 is 0 Å². The molecule has 0 amide bonds. The molecule has 0 aromatic heterocycles. The molecule has 0 heterocycles. The molecule has 0 aliphatic heterocycles. The monoisotopic (exact) mass is 634 g/mol. The maximum Gasteiger partial charge on any atom is 0.341 e. The lowest BCUT2D eigenvalue weighted by atomic mass is 9.56. The van der Waals surface area contributed by atoms with Gasteiger partial charge < -0.3 is 19.3 Å². The van der Waals surface area contributed by atoms with Gasteiger partial charge in [-0.2, -0.15) is 0 Å². The topological polar surface area (TPSA) is 116 Å². The van der Waals surface area contributed by atoms with Crippen LogP contribution in [0.4, 0.5) is 0 Å². The Hall–Kier alpha value is -2.12. The van der Waals surface area contributed by atoms with Crippen molar-refractivity contribution in [3.05, 3.63) is 0 Å². The molecule has 0 aromatic carbocycles. The lowest BCUT2D eigenvalue weighted by molar-refractivity contribution is -0.187. The molecule has 8 unspecified atom stereocenters. The highest BCUT2D eigenvalue weighted by molar-refractivity contribution is 5.82. The van der Waals surface area contributed by atoms with Gasteiger partial charge in [-0.15, -0.1) is 0 Å². The lowest BCUT2D eigenvalue weighted by Crippen LogP contribution is -2.53. The highest BCUT2D eigenvalue weighted by atomic mass is 16.6. The highest BCUT2D eigenvalue weighted by Gasteiger charge is 2.56. The van der Waals surface area contributed by atoms with E-state index in [-0.39, 0.29) is 35.8 Å². The second-order valence-corrected chi connectivity index (χ2v) is 16.0. The van der Waals surface area contributed by atoms with Gasteiger partial charge in [-0.1, -0.05) is 60.8 Å². The van der Waals surface area contributed by atoms with Gasteiger partial charge in [-0.25, -0.2) is 4.79 Å². The molecule has 3 aliphatic carbocycles. The van der Waals surface area contributed by atoms with Crippen molar-refractivity contribution >= 4 is 23.9 Å². The number of carboxylic acids is 1. The molecule has 258 valence electrons. The quantitative estimate of drug-likeness (QED) is 0.151. The molecule has 2 bridgehead atoms. The Morgan fingerprint density at radius 3 is 1.91 bits per heavy atom. The van der Waals surface area contributed by atoms with Crippen molar-refractivity contribution in [1.82, 2.24) is 0 Å². The third kappa shape index (κ3) is 8.25. The van der Waals surface area contributed by atoms with Gasteiger partial charge in [0, 0.05) is 0 Å². The number of hydrogen-bond donors (Lipinski definition) is 1. The van der Waals surface area contributed by atoms with E-state index in [1.807, 2.05) is 55.4 Å². The Balaban J connectivity index is 1.94. The SMILES string of the molecule is CCC1(OC(=O)C(C)(C)C(C)C(C)C(C)(C(=O)OC2CC3CCC2C3)C(C)C(C(=O)OCC(=O)O)C(C)C)CCCCCCC1. The number of aliphatic carboxylic acids is 1. The van der Waals surface area contributed by atoms with Crippen LogP contribution in [-0.2, 0) is 33.4 Å². The molecule has 3 aliphatic rings. The fourth-order valence-corrected chi connectivity index (χ4v) is 8.77. The summed E-state index contributed by atoms with van der Waals surface area (Å²) in [5.41, 5.74) is -2.56. The molecule has 8 nitrogen and oxygen atoms in total. The molecule has 0 saturated heterocycles. The Kier molecular flexibility index (Phi) is 12.6. The van der Waals surface area contributed by atoms with E-state index in [1.165, 1.54) is 12.8 Å². The summed E-state index contributed by atoms with van der Waals surface area (Å²) in [7, 11) is 0. The summed E-state index contributed by atoms with van der Waals surface area (Å²) in [5, 5.41) is 9.17. The number of carboxylic acid groups (broad SMARTS) is 1. The zero-order valence-electron chi connectivity index (χ0n) is 29.6. The van der Waals surface area contributed by atoms with E-state index in [0.717, 1.165) is 64.2 Å². The predicted octanol–water partition coefficient (Wildman–Crippen LogP) is 8.00. The number of carbonyl (C=O) groups excluding carboxylic acids is 3. The lowest BCUT2D eigenvalue weighted by Gasteiger charge is -2.48. The Morgan fingerprint density at radius 2 is 1.42 bits per heavy atom. The molecule has 0 aromatic rings. The van der Waals surface area contributed by atoms with Gasteiger partial charge in [0.15, 0.2) is 6.61 Å². The van der Waals surface area contributed by atoms with Crippen molar-refractivity contribution < 1.29 is 38.5 Å². The van der Waals surface area contributed by atoms with Crippen LogP contribution < -0.4 is 0 Å². The van der Waals surface area contributed by atoms with E-state index in [9.17, 15) is 24.3 Å². The molecule has 3 fully saturated rings. The number of carbonyl (C=O) groups is 4. The fraction of sp³-hybridized carbons (Fsp3) is 0.892. The standard InChI is InChI=1S/C37H62O8/c1-10-37(18-14-12-11-13-15-19-37)45-33(41)35(7,8)24(4)25(5)36(9,34(42)44-29-21-27-16-17-28(29)20-27)26(6)31(23(2)3)32(40)43-22-30(38)39/h23-29,31H,10-22H2,1-9H3,(H,38,39). The Bertz CT molecular complexity index is 1040. The molecule has 3 saturated carbocycles. The van der Waals surface area contributed by atoms with E-state index in [4.69, 9.17) is 14.2 Å². The van der Waals surface area contributed by atoms with Gasteiger partial charge >= 0.3 is 23.9 Å². The number of hydrogen-bond acceptors (Lipinski definition) is 7. The summed E-state index contributed by atoms with van der Waals surface area (Å²) in [5.74, 6) is -3.71. The number of ether oxygens (including phenoxy) is 3. The average molecular weight is 635 g/mol. The Morgan fingerprint density at radius 1 is 0.822 bits per heavy atom. The van der Waals surface area contributed by atoms with E-state index in [0.29, 0.717) is 11.8 Å². The van der Waals surface area contributed by atoms with Crippen molar-refractivity contribution in [3.8, 4) is 0 Å². The molecular weight excluding hydrogens is 572 g/mol. The average Bonchev–Trinajstić information content (AvgIpc) is 3.59. The first-order chi connectivity index (χ1) is 21.0. The highest BCUT2D eigenvalue weighted by Crippen LogP contribution is 2.52. The summed E-state index contributed by atoms with van der Waals surface area (Å²) < 4.78 is 18.0. The zero-order valence-corrected chi connectivity index (χ0v) is 29.6. The van der Waals surface area contributed by atoms with Crippen LogP contribution in [0.1, 0.15) is 139 Å². The van der Waals surface area contributed by atoms with Gasteiger partial charge in [0.2, 0.25) is 0 Å². The number of rotatable bonds is 14. The maximum absolute atomic E-state index is 14.5. The fourth-order valence-electron chi connectivity index (χ4n) is 8.77. The summed E-state index contributed by atoms with van der Waals surface area (Å²) in [6.45, 7) is 16.7. The first kappa shape index (κ1) is 37.3. The van der Waals surface area contributed by atoms with E-state index < -0.39 is 46.8 Å². The summed E-state index contributed by atoms with van der Waals surface area (Å²) in [6, 6.07) is 0. The maximum atomic E-state index is 14.5. The first-order valence-corrected chi connectivity index (χ1v) is 17.8. The molecule has 45 heavy (non-hydrogen) atoms. The molecule has 0 spiro atoms. The third-order valence-electron chi connectivity index (χ3n) is 12.8.